The van der Waals surface area contributed by atoms with Crippen LogP contribution in [0.3, 0.4) is 0 Å². The maximum absolute atomic E-state index is 11.8. The standard InChI is InChI=1S/C11H15F2NO2S/c1-3-16-11(15)9-7-17(14-8(9)2)6-4-5-10(12)13/h5,7,14H,3-4,6H2,1-2H3. The predicted molar refractivity (Wildman–Crippen MR) is 65.9 cm³/mol. The fourth-order valence-electron chi connectivity index (χ4n) is 1.33. The number of nitrogens with one attached hydrogen (secondary N) is 1. The largest absolute Gasteiger partial charge is 0.462 e. The first kappa shape index (κ1) is 13.9. The molecule has 0 aromatic heterocycles. The van der Waals surface area contributed by atoms with E-state index in [0.29, 0.717) is 24.4 Å². The molecule has 0 spiro atoms. The van der Waals surface area contributed by atoms with E-state index in [0.717, 1.165) is 11.8 Å². The van der Waals surface area contributed by atoms with Crippen molar-refractivity contribution in [2.75, 3.05) is 12.4 Å². The van der Waals surface area contributed by atoms with Gasteiger partial charge in [-0.2, -0.15) is 8.78 Å². The second-order valence-corrected chi connectivity index (χ2v) is 5.10. The van der Waals surface area contributed by atoms with E-state index in [-0.39, 0.29) is 16.6 Å². The lowest BCUT2D eigenvalue weighted by atomic mass is 10.2. The lowest BCUT2D eigenvalue weighted by Gasteiger charge is -2.04. The van der Waals surface area contributed by atoms with Gasteiger partial charge in [0.05, 0.1) is 12.2 Å². The minimum Gasteiger partial charge on any atom is -0.462 e. The molecule has 1 aliphatic rings. The Bertz CT molecular complexity index is 398. The average Bonchev–Trinajstić information content (AvgIpc) is 2.59. The third kappa shape index (κ3) is 4.30. The molecule has 3 nitrogen and oxygen atoms in total. The number of allylic oxidation sites excluding steroid dienone is 2. The molecule has 1 N–H and O–H groups in total. The van der Waals surface area contributed by atoms with Crippen molar-refractivity contribution in [1.82, 2.24) is 4.72 Å². The summed E-state index contributed by atoms with van der Waals surface area (Å²) < 4.78 is 31.7. The van der Waals surface area contributed by atoms with Crippen molar-refractivity contribution in [3.8, 4) is 0 Å². The summed E-state index contributed by atoms with van der Waals surface area (Å²) in [5.41, 5.74) is 1.26. The molecule has 1 heterocycles. The molecule has 0 fully saturated rings. The first-order valence-electron chi connectivity index (χ1n) is 5.25. The van der Waals surface area contributed by atoms with Gasteiger partial charge < -0.3 is 9.46 Å². The Morgan fingerprint density at radius 3 is 2.88 bits per heavy atom. The van der Waals surface area contributed by atoms with E-state index in [1.165, 1.54) is 0 Å². The van der Waals surface area contributed by atoms with Gasteiger partial charge in [-0.3, -0.25) is 0 Å². The summed E-state index contributed by atoms with van der Waals surface area (Å²) in [7, 11) is -0.356. The van der Waals surface area contributed by atoms with E-state index >= 15 is 0 Å². The van der Waals surface area contributed by atoms with Crippen LogP contribution >= 0.6 is 10.7 Å². The molecule has 17 heavy (non-hydrogen) atoms. The molecule has 0 aromatic rings. The smallest absolute Gasteiger partial charge is 0.340 e. The van der Waals surface area contributed by atoms with Crippen LogP contribution in [0.2, 0.25) is 0 Å². The number of carbonyl (C=O) groups is 1. The van der Waals surface area contributed by atoms with Crippen LogP contribution < -0.4 is 4.72 Å². The van der Waals surface area contributed by atoms with Crippen LogP contribution in [0.15, 0.2) is 23.4 Å². The lowest BCUT2D eigenvalue weighted by Crippen LogP contribution is -2.10. The van der Waals surface area contributed by atoms with Gasteiger partial charge in [-0.15, -0.1) is 0 Å². The Labute approximate surface area is 102 Å². The molecule has 96 valence electrons. The molecule has 0 bridgehead atoms. The zero-order chi connectivity index (χ0) is 12.8. The Morgan fingerprint density at radius 2 is 2.29 bits per heavy atom. The van der Waals surface area contributed by atoms with Crippen LogP contribution in [-0.2, 0) is 9.53 Å². The maximum Gasteiger partial charge on any atom is 0.340 e. The zero-order valence-electron chi connectivity index (χ0n) is 9.76. The van der Waals surface area contributed by atoms with Gasteiger partial charge >= 0.3 is 5.97 Å². The number of hydrogen-bond acceptors (Lipinski definition) is 3. The van der Waals surface area contributed by atoms with Crippen molar-refractivity contribution in [3.63, 3.8) is 0 Å². The first-order valence-corrected chi connectivity index (χ1v) is 6.70. The average molecular weight is 263 g/mol. The van der Waals surface area contributed by atoms with Gasteiger partial charge in [0, 0.05) is 11.4 Å². The Balaban J connectivity index is 2.56. The highest BCUT2D eigenvalue weighted by Gasteiger charge is 2.18. The first-order chi connectivity index (χ1) is 8.04. The van der Waals surface area contributed by atoms with Crippen molar-refractivity contribution in [1.29, 1.82) is 0 Å². The van der Waals surface area contributed by atoms with Crippen LogP contribution in [-0.4, -0.2) is 23.7 Å². The molecule has 1 rings (SSSR count). The van der Waals surface area contributed by atoms with Gasteiger partial charge in [0.2, 0.25) is 0 Å². The second kappa shape index (κ2) is 6.54. The van der Waals surface area contributed by atoms with Crippen molar-refractivity contribution in [2.45, 2.75) is 20.3 Å². The highest BCUT2D eigenvalue weighted by Crippen LogP contribution is 2.22. The number of ether oxygens (including phenoxy) is 1. The van der Waals surface area contributed by atoms with Gasteiger partial charge in [0.25, 0.3) is 6.08 Å². The van der Waals surface area contributed by atoms with Gasteiger partial charge in [-0.05, 0) is 31.7 Å². The summed E-state index contributed by atoms with van der Waals surface area (Å²) in [5, 5.41) is 1.76. The quantitative estimate of drug-likeness (QED) is 0.612. The van der Waals surface area contributed by atoms with Crippen molar-refractivity contribution < 1.29 is 18.3 Å². The Hall–Kier alpha value is -1.17. The van der Waals surface area contributed by atoms with Crippen LogP contribution in [0.4, 0.5) is 8.78 Å². The van der Waals surface area contributed by atoms with Crippen LogP contribution in [0, 0.1) is 0 Å². The summed E-state index contributed by atoms with van der Waals surface area (Å²) >= 11 is 0. The molecular formula is C11H15F2NO2S. The number of rotatable bonds is 5. The fourth-order valence-corrected chi connectivity index (χ4v) is 3.04. The second-order valence-electron chi connectivity index (χ2n) is 3.39. The minimum absolute atomic E-state index is 0.290. The van der Waals surface area contributed by atoms with Crippen LogP contribution in [0.5, 0.6) is 0 Å². The van der Waals surface area contributed by atoms with Crippen LogP contribution in [0.25, 0.3) is 0 Å². The third-order valence-corrected chi connectivity index (χ3v) is 3.84. The zero-order valence-corrected chi connectivity index (χ0v) is 10.6. The van der Waals surface area contributed by atoms with E-state index in [4.69, 9.17) is 4.74 Å². The predicted octanol–water partition coefficient (Wildman–Crippen LogP) is 2.58. The normalized spacial score (nSPS) is 18.5. The summed E-state index contributed by atoms with van der Waals surface area (Å²) in [6.45, 7) is 3.85. The number of halogens is 2. The highest BCUT2D eigenvalue weighted by atomic mass is 32.2. The van der Waals surface area contributed by atoms with E-state index in [1.54, 1.807) is 19.2 Å². The van der Waals surface area contributed by atoms with Crippen molar-refractivity contribution >= 4 is 22.0 Å². The summed E-state index contributed by atoms with van der Waals surface area (Å²) in [6, 6.07) is 0. The van der Waals surface area contributed by atoms with Gasteiger partial charge in [-0.1, -0.05) is 10.7 Å². The summed E-state index contributed by atoms with van der Waals surface area (Å²) in [4.78, 5) is 11.5. The Morgan fingerprint density at radius 1 is 1.59 bits per heavy atom. The molecule has 0 amide bonds. The SMILES string of the molecule is CCOC(=O)C1=C(C)NS(CCC=C(F)F)=C1. The number of hydrogen-bond donors (Lipinski definition) is 1. The molecule has 0 radical (unpaired) electrons. The molecule has 0 saturated carbocycles. The topological polar surface area (TPSA) is 38.3 Å². The highest BCUT2D eigenvalue weighted by molar-refractivity contribution is 8.14. The van der Waals surface area contributed by atoms with Gasteiger partial charge in [0.1, 0.15) is 0 Å². The Kier molecular flexibility index (Phi) is 5.34. The van der Waals surface area contributed by atoms with Crippen molar-refractivity contribution in [2.24, 2.45) is 0 Å². The molecular weight excluding hydrogens is 248 g/mol. The molecule has 0 aliphatic carbocycles. The molecule has 1 unspecified atom stereocenters. The maximum atomic E-state index is 11.8. The monoisotopic (exact) mass is 263 g/mol. The molecule has 0 aromatic carbocycles. The third-order valence-electron chi connectivity index (χ3n) is 2.08. The number of esters is 1. The van der Waals surface area contributed by atoms with Gasteiger partial charge in [0.15, 0.2) is 0 Å². The van der Waals surface area contributed by atoms with E-state index < -0.39 is 6.08 Å². The minimum atomic E-state index is -1.66. The van der Waals surface area contributed by atoms with Gasteiger partial charge in [-0.25, -0.2) is 4.79 Å². The van der Waals surface area contributed by atoms with E-state index in [2.05, 4.69) is 4.72 Å². The molecule has 0 saturated heterocycles. The summed E-state index contributed by atoms with van der Waals surface area (Å²) in [6.07, 6.45) is -0.485. The molecule has 6 heteroatoms. The lowest BCUT2D eigenvalue weighted by molar-refractivity contribution is -0.137. The van der Waals surface area contributed by atoms with E-state index in [1.807, 2.05) is 0 Å². The van der Waals surface area contributed by atoms with Crippen LogP contribution in [0.1, 0.15) is 20.3 Å². The fraction of sp³-hybridized carbons (Fsp3) is 0.455. The van der Waals surface area contributed by atoms with Crippen molar-refractivity contribution in [3.05, 3.63) is 23.4 Å². The summed E-state index contributed by atoms with van der Waals surface area (Å²) in [5.74, 6) is 0.192. The molecule has 1 aliphatic heterocycles. The van der Waals surface area contributed by atoms with E-state index in [9.17, 15) is 13.6 Å². The molecule has 1 atom stereocenters. The number of carbonyl (C=O) groups excluding carboxylic acids is 1.